The molecule has 2 rings (SSSR count). The SMILES string of the molecule is CCN(CC(=O)O)C1CC(NC(=O)c2ccc(C)cc2)C1. The second kappa shape index (κ2) is 6.72. The Kier molecular flexibility index (Phi) is 4.96. The Balaban J connectivity index is 1.80. The number of carboxylic acid groups (broad SMARTS) is 1. The van der Waals surface area contributed by atoms with Crippen molar-refractivity contribution in [2.24, 2.45) is 0 Å². The summed E-state index contributed by atoms with van der Waals surface area (Å²) in [4.78, 5) is 24.8. The molecule has 1 aliphatic carbocycles. The molecule has 0 spiro atoms. The lowest BCUT2D eigenvalue weighted by atomic mass is 9.85. The van der Waals surface area contributed by atoms with Crippen molar-refractivity contribution in [2.75, 3.05) is 13.1 Å². The lowest BCUT2D eigenvalue weighted by Gasteiger charge is -2.42. The molecular weight excluding hydrogens is 268 g/mol. The van der Waals surface area contributed by atoms with E-state index >= 15 is 0 Å². The number of aliphatic carboxylic acids is 1. The van der Waals surface area contributed by atoms with Crippen molar-refractivity contribution in [3.63, 3.8) is 0 Å². The molecule has 0 saturated heterocycles. The molecular formula is C16H22N2O3. The molecule has 0 bridgehead atoms. The minimum absolute atomic E-state index is 0.0558. The van der Waals surface area contributed by atoms with Crippen LogP contribution in [0.5, 0.6) is 0 Å². The number of likely N-dealkylation sites (N-methyl/N-ethyl adjacent to an activating group) is 1. The van der Waals surface area contributed by atoms with Crippen LogP contribution < -0.4 is 5.32 Å². The fourth-order valence-electron chi connectivity index (χ4n) is 2.65. The lowest BCUT2D eigenvalue weighted by Crippen LogP contribution is -2.54. The van der Waals surface area contributed by atoms with E-state index in [0.29, 0.717) is 5.56 Å². The number of rotatable bonds is 6. The number of hydrogen-bond acceptors (Lipinski definition) is 3. The third-order valence-electron chi connectivity index (χ3n) is 4.02. The quantitative estimate of drug-likeness (QED) is 0.836. The zero-order valence-corrected chi connectivity index (χ0v) is 12.5. The van der Waals surface area contributed by atoms with Crippen molar-refractivity contribution < 1.29 is 14.7 Å². The van der Waals surface area contributed by atoms with Gasteiger partial charge in [0, 0.05) is 17.6 Å². The first kappa shape index (κ1) is 15.5. The van der Waals surface area contributed by atoms with Crippen molar-refractivity contribution in [1.82, 2.24) is 10.2 Å². The number of benzene rings is 1. The largest absolute Gasteiger partial charge is 0.480 e. The molecule has 5 heteroatoms. The summed E-state index contributed by atoms with van der Waals surface area (Å²) in [6, 6.07) is 7.89. The number of hydrogen-bond donors (Lipinski definition) is 2. The van der Waals surface area contributed by atoms with Crippen molar-refractivity contribution >= 4 is 11.9 Å². The second-order valence-electron chi connectivity index (χ2n) is 5.62. The summed E-state index contributed by atoms with van der Waals surface area (Å²) < 4.78 is 0. The van der Waals surface area contributed by atoms with E-state index in [2.05, 4.69) is 5.32 Å². The molecule has 1 fully saturated rings. The van der Waals surface area contributed by atoms with Gasteiger partial charge in [0.1, 0.15) is 0 Å². The highest BCUT2D eigenvalue weighted by atomic mass is 16.4. The van der Waals surface area contributed by atoms with Crippen LogP contribution in [0.1, 0.15) is 35.7 Å². The van der Waals surface area contributed by atoms with Crippen LogP contribution in [0.25, 0.3) is 0 Å². The zero-order chi connectivity index (χ0) is 15.4. The van der Waals surface area contributed by atoms with Crippen LogP contribution in [-0.4, -0.2) is 47.1 Å². The molecule has 0 radical (unpaired) electrons. The predicted octanol–water partition coefficient (Wildman–Crippen LogP) is 1.66. The van der Waals surface area contributed by atoms with Crippen molar-refractivity contribution in [1.29, 1.82) is 0 Å². The van der Waals surface area contributed by atoms with Crippen LogP contribution in [0.3, 0.4) is 0 Å². The second-order valence-corrected chi connectivity index (χ2v) is 5.62. The molecule has 0 atom stereocenters. The molecule has 1 aliphatic rings. The van der Waals surface area contributed by atoms with Gasteiger partial charge in [-0.2, -0.15) is 0 Å². The number of amides is 1. The van der Waals surface area contributed by atoms with Crippen LogP contribution in [0.15, 0.2) is 24.3 Å². The molecule has 21 heavy (non-hydrogen) atoms. The Bertz CT molecular complexity index is 507. The Morgan fingerprint density at radius 2 is 1.90 bits per heavy atom. The topological polar surface area (TPSA) is 69.6 Å². The first-order chi connectivity index (χ1) is 9.99. The fourth-order valence-corrected chi connectivity index (χ4v) is 2.65. The van der Waals surface area contributed by atoms with Gasteiger partial charge in [0.2, 0.25) is 0 Å². The van der Waals surface area contributed by atoms with Crippen LogP contribution in [0, 0.1) is 6.92 Å². The highest BCUT2D eigenvalue weighted by Gasteiger charge is 2.34. The third kappa shape index (κ3) is 4.04. The zero-order valence-electron chi connectivity index (χ0n) is 12.5. The van der Waals surface area contributed by atoms with Gasteiger partial charge in [-0.25, -0.2) is 0 Å². The van der Waals surface area contributed by atoms with E-state index in [-0.39, 0.29) is 24.5 Å². The average molecular weight is 290 g/mol. The Morgan fingerprint density at radius 1 is 1.29 bits per heavy atom. The van der Waals surface area contributed by atoms with Crippen LogP contribution in [0.4, 0.5) is 0 Å². The Morgan fingerprint density at radius 3 is 2.43 bits per heavy atom. The molecule has 1 aromatic carbocycles. The molecule has 1 saturated carbocycles. The van der Waals surface area contributed by atoms with Gasteiger partial charge in [0.15, 0.2) is 0 Å². The Labute approximate surface area is 125 Å². The molecule has 0 aromatic heterocycles. The monoisotopic (exact) mass is 290 g/mol. The van der Waals surface area contributed by atoms with E-state index in [9.17, 15) is 9.59 Å². The van der Waals surface area contributed by atoms with Crippen LogP contribution >= 0.6 is 0 Å². The van der Waals surface area contributed by atoms with Crippen LogP contribution in [0.2, 0.25) is 0 Å². The van der Waals surface area contributed by atoms with Crippen molar-refractivity contribution in [2.45, 2.75) is 38.8 Å². The summed E-state index contributed by atoms with van der Waals surface area (Å²) in [7, 11) is 0. The summed E-state index contributed by atoms with van der Waals surface area (Å²) in [5.74, 6) is -0.858. The summed E-state index contributed by atoms with van der Waals surface area (Å²) in [5, 5.41) is 11.9. The van der Waals surface area contributed by atoms with Gasteiger partial charge >= 0.3 is 5.97 Å². The summed E-state index contributed by atoms with van der Waals surface area (Å²) in [5.41, 5.74) is 1.80. The van der Waals surface area contributed by atoms with Gasteiger partial charge in [0.05, 0.1) is 6.54 Å². The summed E-state index contributed by atoms with van der Waals surface area (Å²) >= 11 is 0. The molecule has 1 amide bonds. The first-order valence-electron chi connectivity index (χ1n) is 7.33. The van der Waals surface area contributed by atoms with Gasteiger partial charge < -0.3 is 10.4 Å². The normalized spacial score (nSPS) is 20.9. The number of nitrogens with zero attached hydrogens (tertiary/aromatic N) is 1. The average Bonchev–Trinajstić information content (AvgIpc) is 2.40. The maximum Gasteiger partial charge on any atom is 0.317 e. The third-order valence-corrected chi connectivity index (χ3v) is 4.02. The van der Waals surface area contributed by atoms with Crippen molar-refractivity contribution in [3.05, 3.63) is 35.4 Å². The van der Waals surface area contributed by atoms with Gasteiger partial charge in [-0.3, -0.25) is 14.5 Å². The molecule has 0 aliphatic heterocycles. The Hall–Kier alpha value is -1.88. The number of carbonyl (C=O) groups is 2. The summed E-state index contributed by atoms with van der Waals surface area (Å²) in [6.45, 7) is 4.73. The molecule has 0 unspecified atom stereocenters. The van der Waals surface area contributed by atoms with E-state index in [0.717, 1.165) is 24.9 Å². The maximum absolute atomic E-state index is 12.1. The standard InChI is InChI=1S/C16H22N2O3/c1-3-18(10-15(19)20)14-8-13(9-14)17-16(21)12-6-4-11(2)5-7-12/h4-7,13-14H,3,8-10H2,1-2H3,(H,17,21)(H,19,20). The highest BCUT2D eigenvalue weighted by molar-refractivity contribution is 5.94. The van der Waals surface area contributed by atoms with E-state index in [1.54, 1.807) is 0 Å². The molecule has 2 N–H and O–H groups in total. The van der Waals surface area contributed by atoms with E-state index in [4.69, 9.17) is 5.11 Å². The van der Waals surface area contributed by atoms with Gasteiger partial charge in [-0.15, -0.1) is 0 Å². The maximum atomic E-state index is 12.1. The number of aryl methyl sites for hydroxylation is 1. The summed E-state index contributed by atoms with van der Waals surface area (Å²) in [6.07, 6.45) is 1.64. The minimum Gasteiger partial charge on any atom is -0.480 e. The number of nitrogens with one attached hydrogen (secondary N) is 1. The molecule has 0 heterocycles. The molecule has 1 aromatic rings. The highest BCUT2D eigenvalue weighted by Crippen LogP contribution is 2.25. The van der Waals surface area contributed by atoms with Gasteiger partial charge in [-0.1, -0.05) is 24.6 Å². The number of carbonyl (C=O) groups excluding carboxylic acids is 1. The van der Waals surface area contributed by atoms with Crippen LogP contribution in [-0.2, 0) is 4.79 Å². The molecule has 114 valence electrons. The first-order valence-corrected chi connectivity index (χ1v) is 7.33. The van der Waals surface area contributed by atoms with Gasteiger partial charge in [-0.05, 0) is 38.4 Å². The van der Waals surface area contributed by atoms with Gasteiger partial charge in [0.25, 0.3) is 5.91 Å². The van der Waals surface area contributed by atoms with E-state index in [1.807, 2.05) is 43.0 Å². The van der Waals surface area contributed by atoms with Crippen molar-refractivity contribution in [3.8, 4) is 0 Å². The fraction of sp³-hybridized carbons (Fsp3) is 0.500. The molecule has 5 nitrogen and oxygen atoms in total. The minimum atomic E-state index is -0.802. The van der Waals surface area contributed by atoms with E-state index in [1.165, 1.54) is 0 Å². The predicted molar refractivity (Wildman–Crippen MR) is 80.3 cm³/mol. The number of carboxylic acids is 1. The van der Waals surface area contributed by atoms with E-state index < -0.39 is 5.97 Å². The smallest absolute Gasteiger partial charge is 0.317 e. The lowest BCUT2D eigenvalue weighted by molar-refractivity contribution is -0.139.